The molecule has 0 unspecified atom stereocenters. The van der Waals surface area contributed by atoms with E-state index in [4.69, 9.17) is 15.4 Å². The highest BCUT2D eigenvalue weighted by molar-refractivity contribution is 6.74. The van der Waals surface area contributed by atoms with Crippen LogP contribution < -0.4 is 0 Å². The molecule has 4 aliphatic rings. The Balaban J connectivity index is 1.48. The van der Waals surface area contributed by atoms with Gasteiger partial charge >= 0.3 is 0 Å². The fourth-order valence-corrected chi connectivity index (χ4v) is 12.1. The van der Waals surface area contributed by atoms with Crippen molar-refractivity contribution in [1.29, 1.82) is 0 Å². The van der Waals surface area contributed by atoms with Crippen LogP contribution in [0.25, 0.3) is 0 Å². The third kappa shape index (κ3) is 10.2. The predicted octanol–water partition coefficient (Wildman–Crippen LogP) is 14.6. The number of fused-ring (bicyclic) bond motifs is 1. The van der Waals surface area contributed by atoms with Crippen molar-refractivity contribution < 1.29 is 13.6 Å². The highest BCUT2D eigenvalue weighted by Gasteiger charge is 2.51. The maximum Gasteiger partial charge on any atom is 0.192 e. The van der Waals surface area contributed by atoms with Crippen molar-refractivity contribution >= 4 is 22.4 Å². The van der Waals surface area contributed by atoms with Gasteiger partial charge in [0.25, 0.3) is 0 Å². The zero-order chi connectivity index (χ0) is 38.8. The molecule has 0 aromatic carbocycles. The van der Waals surface area contributed by atoms with Gasteiger partial charge in [-0.25, -0.2) is 0 Å². The van der Waals surface area contributed by atoms with Gasteiger partial charge in [0.05, 0.1) is 12.2 Å². The van der Waals surface area contributed by atoms with Crippen LogP contribution >= 0.6 is 0 Å². The summed E-state index contributed by atoms with van der Waals surface area (Å²) in [6, 6.07) is 0. The Kier molecular flexibility index (Phi) is 14.3. The van der Waals surface area contributed by atoms with Crippen LogP contribution in [0.3, 0.4) is 0 Å². The number of hydrogen-bond acceptors (Lipinski definition) is 3. The second-order valence-corrected chi connectivity index (χ2v) is 30.7. The monoisotopic (exact) mass is 751 g/mol. The minimum absolute atomic E-state index is 0.0117. The highest BCUT2D eigenvalue weighted by atomic mass is 28.4. The minimum Gasteiger partial charge on any atom is -0.413 e. The molecule has 0 N–H and O–H groups in total. The van der Waals surface area contributed by atoms with Crippen LogP contribution in [0.4, 0.5) is 0 Å². The molecule has 4 fully saturated rings. The maximum atomic E-state index is 13.5. The first-order valence-corrected chi connectivity index (χ1v) is 27.5. The molecule has 0 aromatic heterocycles. The van der Waals surface area contributed by atoms with Crippen molar-refractivity contribution in [2.75, 3.05) is 0 Å². The van der Waals surface area contributed by atoms with Crippen LogP contribution in [0.5, 0.6) is 0 Å². The first-order chi connectivity index (χ1) is 24.1. The Morgan fingerprint density at radius 3 is 2.12 bits per heavy atom. The summed E-state index contributed by atoms with van der Waals surface area (Å²) in [6.45, 7) is 35.4. The number of hydrogen-bond donors (Lipinski definition) is 0. The van der Waals surface area contributed by atoms with Gasteiger partial charge in [0.15, 0.2) is 16.6 Å². The summed E-state index contributed by atoms with van der Waals surface area (Å²) in [6.07, 6.45) is 27.4. The van der Waals surface area contributed by atoms with Crippen LogP contribution in [0.1, 0.15) is 171 Å². The number of carbonyl (C=O) groups is 1. The van der Waals surface area contributed by atoms with Crippen LogP contribution in [-0.4, -0.2) is 34.6 Å². The van der Waals surface area contributed by atoms with E-state index in [0.717, 1.165) is 32.1 Å². The Morgan fingerprint density at radius 1 is 0.885 bits per heavy atom. The number of unbranched alkanes of at least 4 members (excludes halogenated alkanes) is 5. The average molecular weight is 751 g/mol. The summed E-state index contributed by atoms with van der Waals surface area (Å²) in [5.41, 5.74) is 5.90. The van der Waals surface area contributed by atoms with Crippen LogP contribution in [0.15, 0.2) is 47.1 Å². The van der Waals surface area contributed by atoms with Gasteiger partial charge in [0.2, 0.25) is 0 Å². The summed E-state index contributed by atoms with van der Waals surface area (Å²) in [7, 11) is -3.94. The van der Waals surface area contributed by atoms with E-state index in [-0.39, 0.29) is 33.1 Å². The van der Waals surface area contributed by atoms with Crippen molar-refractivity contribution in [2.24, 2.45) is 22.7 Å². The second kappa shape index (κ2) is 17.0. The summed E-state index contributed by atoms with van der Waals surface area (Å²) in [5, 5.41) is 0.312. The van der Waals surface area contributed by atoms with Crippen LogP contribution in [0.2, 0.25) is 36.3 Å². The van der Waals surface area contributed by atoms with Crippen molar-refractivity contribution in [3.05, 3.63) is 47.1 Å². The fourth-order valence-electron chi connectivity index (χ4n) is 9.43. The van der Waals surface area contributed by atoms with E-state index in [1.54, 1.807) is 5.57 Å². The molecule has 0 aromatic rings. The van der Waals surface area contributed by atoms with Gasteiger partial charge in [-0.1, -0.05) is 130 Å². The van der Waals surface area contributed by atoms with Gasteiger partial charge in [-0.3, -0.25) is 4.79 Å². The zero-order valence-corrected chi connectivity index (χ0v) is 38.5. The third-order valence-corrected chi connectivity index (χ3v) is 24.3. The number of rotatable bonds is 16. The lowest BCUT2D eigenvalue weighted by atomic mass is 9.62. The van der Waals surface area contributed by atoms with Crippen molar-refractivity contribution in [3.63, 3.8) is 0 Å². The number of Topliss-reactive ketones (excluding diaryl/α,β-unsaturated/α-hetero) is 1. The lowest BCUT2D eigenvalue weighted by molar-refractivity contribution is -0.123. The van der Waals surface area contributed by atoms with E-state index in [0.29, 0.717) is 24.0 Å². The molecule has 0 amide bonds. The van der Waals surface area contributed by atoms with Crippen molar-refractivity contribution in [2.45, 2.75) is 220 Å². The molecule has 4 aliphatic carbocycles. The first-order valence-electron chi connectivity index (χ1n) is 21.7. The van der Waals surface area contributed by atoms with E-state index in [1.807, 2.05) is 0 Å². The molecule has 0 spiro atoms. The van der Waals surface area contributed by atoms with Gasteiger partial charge in [-0.05, 0) is 129 Å². The second-order valence-electron chi connectivity index (χ2n) is 21.2. The highest BCUT2D eigenvalue weighted by Crippen LogP contribution is 2.60. The van der Waals surface area contributed by atoms with Gasteiger partial charge in [0.1, 0.15) is 5.78 Å². The zero-order valence-electron chi connectivity index (χ0n) is 36.5. The molecular formula is C47H82O3Si2. The molecule has 5 heteroatoms. The largest absolute Gasteiger partial charge is 0.413 e. The molecule has 4 rings (SSSR count). The number of allylic oxidation sites excluding steroid dienone is 5. The SMILES string of the molecule is C=C1C(=CC=C2CCC[C@]3(C)[C@@H](C(C)=CCC(=O)C4(CCCCCCCC)CC4)CC[C@@H]23)C[C@@H](O[Si](C)(C)C(C)(C)C)C[C@@H]1O[Si](C)(C)C(C)(C)C. The van der Waals surface area contributed by atoms with Gasteiger partial charge in [0, 0.05) is 18.3 Å². The molecule has 3 nitrogen and oxygen atoms in total. The average Bonchev–Trinajstić information content (AvgIpc) is 3.74. The minimum atomic E-state index is -2.00. The van der Waals surface area contributed by atoms with Crippen LogP contribution in [0, 0.1) is 22.7 Å². The lowest BCUT2D eigenvalue weighted by Crippen LogP contribution is -2.49. The van der Waals surface area contributed by atoms with Crippen LogP contribution in [-0.2, 0) is 13.6 Å². The van der Waals surface area contributed by atoms with E-state index in [1.165, 1.54) is 87.3 Å². The Hall–Kier alpha value is -1.02. The summed E-state index contributed by atoms with van der Waals surface area (Å²) < 4.78 is 14.2. The van der Waals surface area contributed by atoms with E-state index in [2.05, 4.69) is 107 Å². The normalized spacial score (nSPS) is 30.2. The van der Waals surface area contributed by atoms with E-state index >= 15 is 0 Å². The molecule has 4 saturated carbocycles. The molecule has 0 bridgehead atoms. The van der Waals surface area contributed by atoms with Crippen molar-refractivity contribution in [1.82, 2.24) is 0 Å². The fraction of sp³-hybridized carbons (Fsp3) is 0.809. The quantitative estimate of drug-likeness (QED) is 0.0895. The number of ketones is 1. The maximum absolute atomic E-state index is 13.5. The van der Waals surface area contributed by atoms with E-state index in [9.17, 15) is 4.79 Å². The molecule has 0 saturated heterocycles. The summed E-state index contributed by atoms with van der Waals surface area (Å²) in [5.74, 6) is 1.71. The molecular weight excluding hydrogens is 669 g/mol. The predicted molar refractivity (Wildman–Crippen MR) is 230 cm³/mol. The third-order valence-electron chi connectivity index (χ3n) is 15.3. The lowest BCUT2D eigenvalue weighted by Gasteiger charge is -2.45. The van der Waals surface area contributed by atoms with E-state index < -0.39 is 16.6 Å². The summed E-state index contributed by atoms with van der Waals surface area (Å²) in [4.78, 5) is 13.5. The van der Waals surface area contributed by atoms with Crippen molar-refractivity contribution in [3.8, 4) is 0 Å². The van der Waals surface area contributed by atoms with Gasteiger partial charge < -0.3 is 8.85 Å². The molecule has 0 radical (unpaired) electrons. The molecule has 0 heterocycles. The standard InChI is InChI=1S/C47H82O3Si2/c1-15-16-17-18-19-20-30-47(31-32-47)43(48)28-23-35(2)40-26-27-41-37(22-21-29-46(40,41)10)24-25-38-33-39(49-51(11,12)44(4,5)6)34-42(36(38)3)50-52(13,14)45(7,8)9/h23-25,39-42H,3,15-22,26-34H2,1-2,4-14H3/t39-,40-,41+,42+,46-/m1/s1. The topological polar surface area (TPSA) is 35.5 Å². The van der Waals surface area contributed by atoms with Gasteiger partial charge in [-0.2, -0.15) is 0 Å². The van der Waals surface area contributed by atoms with Gasteiger partial charge in [-0.15, -0.1) is 0 Å². The smallest absolute Gasteiger partial charge is 0.192 e. The molecule has 5 atom stereocenters. The number of carbonyl (C=O) groups excluding carboxylic acids is 1. The Bertz CT molecular complexity index is 1350. The Morgan fingerprint density at radius 2 is 1.50 bits per heavy atom. The summed E-state index contributed by atoms with van der Waals surface area (Å²) >= 11 is 0. The first kappa shape index (κ1) is 43.7. The molecule has 296 valence electrons. The molecule has 52 heavy (non-hydrogen) atoms. The molecule has 0 aliphatic heterocycles. The Labute approximate surface area is 324 Å².